The molecule has 0 bridgehead atoms. The Kier molecular flexibility index (Phi) is 4.64. The molecule has 0 aliphatic heterocycles. The van der Waals surface area contributed by atoms with Crippen LogP contribution in [0.5, 0.6) is 0 Å². The van der Waals surface area contributed by atoms with Gasteiger partial charge in [-0.25, -0.2) is 4.98 Å². The van der Waals surface area contributed by atoms with Crippen molar-refractivity contribution in [3.8, 4) is 0 Å². The minimum Gasteiger partial charge on any atom is -0.469 e. The fourth-order valence-electron chi connectivity index (χ4n) is 1.18. The third-order valence-corrected chi connectivity index (χ3v) is 2.92. The van der Waals surface area contributed by atoms with Gasteiger partial charge < -0.3 is 9.84 Å². The number of carbonyl (C=O) groups excluding carboxylic acids is 1. The van der Waals surface area contributed by atoms with Gasteiger partial charge in [0, 0.05) is 5.38 Å². The summed E-state index contributed by atoms with van der Waals surface area (Å²) < 4.78 is 4.49. The summed E-state index contributed by atoms with van der Waals surface area (Å²) in [5, 5.41) is 12.6. The van der Waals surface area contributed by atoms with Crippen LogP contribution < -0.4 is 0 Å². The number of aryl methyl sites for hydroxylation is 1. The fourth-order valence-corrected chi connectivity index (χ4v) is 1.75. The van der Waals surface area contributed by atoms with Crippen molar-refractivity contribution in [1.29, 1.82) is 0 Å². The number of nitrogens with zero attached hydrogens (tertiary/aromatic N) is 1. The van der Waals surface area contributed by atoms with Crippen LogP contribution in [0.25, 0.3) is 6.08 Å². The smallest absolute Gasteiger partial charge is 0.308 e. The van der Waals surface area contributed by atoms with Crippen LogP contribution in [0.4, 0.5) is 0 Å². The van der Waals surface area contributed by atoms with Crippen LogP contribution in [-0.4, -0.2) is 29.3 Å². The first-order valence-corrected chi connectivity index (χ1v) is 5.76. The molecule has 0 saturated carbocycles. The zero-order valence-corrected chi connectivity index (χ0v) is 10.4. The summed E-state index contributed by atoms with van der Waals surface area (Å²) in [6, 6.07) is 0. The zero-order chi connectivity index (χ0) is 12.1. The average Bonchev–Trinajstić information content (AvgIpc) is 2.63. The molecule has 1 heterocycles. The summed E-state index contributed by atoms with van der Waals surface area (Å²) in [6.45, 7) is 3.69. The van der Waals surface area contributed by atoms with Crippen LogP contribution >= 0.6 is 11.3 Å². The largest absolute Gasteiger partial charge is 0.469 e. The van der Waals surface area contributed by atoms with E-state index in [0.717, 1.165) is 10.7 Å². The first kappa shape index (κ1) is 12.9. The molecule has 0 fully saturated rings. The van der Waals surface area contributed by atoms with Gasteiger partial charge in [0.2, 0.25) is 0 Å². The van der Waals surface area contributed by atoms with Crippen LogP contribution in [0.1, 0.15) is 24.0 Å². The van der Waals surface area contributed by atoms with E-state index in [1.54, 1.807) is 24.3 Å². The van der Waals surface area contributed by atoms with Crippen LogP contribution in [0, 0.1) is 6.92 Å². The molecule has 0 unspecified atom stereocenters. The summed E-state index contributed by atoms with van der Waals surface area (Å²) in [6.07, 6.45) is 0.938. The number of thiazole rings is 1. The summed E-state index contributed by atoms with van der Waals surface area (Å²) in [4.78, 5) is 15.2. The van der Waals surface area contributed by atoms with Gasteiger partial charge in [-0.15, -0.1) is 11.3 Å². The monoisotopic (exact) mass is 241 g/mol. The lowest BCUT2D eigenvalue weighted by Gasteiger charge is -2.08. The minimum atomic E-state index is -0.811. The van der Waals surface area contributed by atoms with Crippen molar-refractivity contribution >= 4 is 23.4 Å². The van der Waals surface area contributed by atoms with Gasteiger partial charge in [-0.3, -0.25) is 4.79 Å². The second kappa shape index (κ2) is 5.77. The van der Waals surface area contributed by atoms with E-state index in [1.165, 1.54) is 7.11 Å². The van der Waals surface area contributed by atoms with Crippen LogP contribution in [-0.2, 0) is 9.53 Å². The molecule has 1 atom stereocenters. The Morgan fingerprint density at radius 3 is 2.94 bits per heavy atom. The van der Waals surface area contributed by atoms with Gasteiger partial charge >= 0.3 is 5.97 Å². The molecular weight excluding hydrogens is 226 g/mol. The van der Waals surface area contributed by atoms with Crippen molar-refractivity contribution in [1.82, 2.24) is 4.98 Å². The predicted octanol–water partition coefficient (Wildman–Crippen LogP) is 1.78. The Morgan fingerprint density at radius 2 is 2.44 bits per heavy atom. The molecule has 0 saturated heterocycles. The number of aliphatic hydroxyl groups excluding tert-OH is 1. The van der Waals surface area contributed by atoms with E-state index >= 15 is 0 Å². The van der Waals surface area contributed by atoms with E-state index in [9.17, 15) is 9.90 Å². The molecule has 0 radical (unpaired) electrons. The second-order valence-electron chi connectivity index (χ2n) is 3.48. The number of carbonyl (C=O) groups is 1. The number of esters is 1. The van der Waals surface area contributed by atoms with Gasteiger partial charge in [-0.05, 0) is 25.5 Å². The molecule has 1 aromatic heterocycles. The van der Waals surface area contributed by atoms with E-state index in [1.807, 2.05) is 12.3 Å². The zero-order valence-electron chi connectivity index (χ0n) is 9.56. The van der Waals surface area contributed by atoms with Gasteiger partial charge in [0.25, 0.3) is 0 Å². The molecule has 1 rings (SSSR count). The van der Waals surface area contributed by atoms with Gasteiger partial charge in [-0.1, -0.05) is 0 Å². The van der Waals surface area contributed by atoms with Crippen LogP contribution in [0.2, 0.25) is 0 Å². The van der Waals surface area contributed by atoms with Crippen molar-refractivity contribution in [2.24, 2.45) is 0 Å². The maximum atomic E-state index is 11.0. The highest BCUT2D eigenvalue weighted by atomic mass is 32.1. The lowest BCUT2D eigenvalue weighted by molar-refractivity contribution is -0.142. The third-order valence-electron chi connectivity index (χ3n) is 2.13. The van der Waals surface area contributed by atoms with Crippen molar-refractivity contribution in [2.45, 2.75) is 26.4 Å². The Balaban J connectivity index is 2.66. The predicted molar refractivity (Wildman–Crippen MR) is 63.1 cm³/mol. The highest BCUT2D eigenvalue weighted by Crippen LogP contribution is 2.14. The quantitative estimate of drug-likeness (QED) is 0.816. The number of aliphatic hydroxyl groups is 1. The number of rotatable bonds is 4. The molecule has 1 aromatic rings. The summed E-state index contributed by atoms with van der Waals surface area (Å²) in [5.74, 6) is -0.422. The van der Waals surface area contributed by atoms with Crippen molar-refractivity contribution < 1.29 is 14.6 Å². The van der Waals surface area contributed by atoms with E-state index in [4.69, 9.17) is 0 Å². The molecule has 0 amide bonds. The average molecular weight is 241 g/mol. The Morgan fingerprint density at radius 1 is 1.75 bits per heavy atom. The number of ether oxygens (including phenoxy) is 1. The lowest BCUT2D eigenvalue weighted by Crippen LogP contribution is -2.15. The minimum absolute atomic E-state index is 0.0258. The van der Waals surface area contributed by atoms with Gasteiger partial charge in [0.05, 0.1) is 30.3 Å². The Bertz CT molecular complexity index is 398. The summed E-state index contributed by atoms with van der Waals surface area (Å²) in [7, 11) is 1.30. The first-order chi connectivity index (χ1) is 7.52. The Labute approximate surface area is 98.6 Å². The Hall–Kier alpha value is -1.20. The van der Waals surface area contributed by atoms with E-state index in [2.05, 4.69) is 9.72 Å². The van der Waals surface area contributed by atoms with Crippen molar-refractivity contribution in [3.05, 3.63) is 21.7 Å². The van der Waals surface area contributed by atoms with Gasteiger partial charge in [0.1, 0.15) is 0 Å². The topological polar surface area (TPSA) is 59.4 Å². The lowest BCUT2D eigenvalue weighted by atomic mass is 10.1. The molecular formula is C11H15NO3S. The third kappa shape index (κ3) is 3.75. The molecule has 1 N–H and O–H groups in total. The van der Waals surface area contributed by atoms with Gasteiger partial charge in [-0.2, -0.15) is 0 Å². The highest BCUT2D eigenvalue weighted by molar-refractivity contribution is 7.09. The first-order valence-electron chi connectivity index (χ1n) is 4.88. The molecule has 5 heteroatoms. The van der Waals surface area contributed by atoms with E-state index in [0.29, 0.717) is 5.57 Å². The standard InChI is InChI=1S/C11H15NO3S/c1-7(10(13)5-11(14)15-3)4-9-6-16-8(2)12-9/h4,6,10,13H,5H2,1-3H3/b7-4+/t10-/m0/s1. The SMILES string of the molecule is COC(=O)C[C@H](O)/C(C)=C/c1csc(C)n1. The second-order valence-corrected chi connectivity index (χ2v) is 4.54. The molecule has 4 nitrogen and oxygen atoms in total. The van der Waals surface area contributed by atoms with Gasteiger partial charge in [0.15, 0.2) is 0 Å². The molecule has 0 aliphatic rings. The van der Waals surface area contributed by atoms with E-state index in [-0.39, 0.29) is 6.42 Å². The van der Waals surface area contributed by atoms with Crippen LogP contribution in [0.3, 0.4) is 0 Å². The number of aromatic nitrogens is 1. The normalized spacial score (nSPS) is 13.6. The molecule has 0 aliphatic carbocycles. The molecule has 0 aromatic carbocycles. The van der Waals surface area contributed by atoms with Crippen LogP contribution in [0.15, 0.2) is 11.0 Å². The number of hydrogen-bond donors (Lipinski definition) is 1. The van der Waals surface area contributed by atoms with Crippen molar-refractivity contribution in [3.63, 3.8) is 0 Å². The van der Waals surface area contributed by atoms with Crippen molar-refractivity contribution in [2.75, 3.05) is 7.11 Å². The maximum absolute atomic E-state index is 11.0. The maximum Gasteiger partial charge on any atom is 0.308 e. The molecule has 88 valence electrons. The number of methoxy groups -OCH3 is 1. The fraction of sp³-hybridized carbons (Fsp3) is 0.455. The highest BCUT2D eigenvalue weighted by Gasteiger charge is 2.12. The molecule has 0 spiro atoms. The van der Waals surface area contributed by atoms with E-state index < -0.39 is 12.1 Å². The summed E-state index contributed by atoms with van der Waals surface area (Å²) in [5.41, 5.74) is 1.51. The number of hydrogen-bond acceptors (Lipinski definition) is 5. The summed E-state index contributed by atoms with van der Waals surface area (Å²) >= 11 is 1.55. The molecule has 16 heavy (non-hydrogen) atoms.